The normalized spacial score (nSPS) is 19.2. The standard InChI is InChI=1S/C14H17N3O2S/c18-14(4-3-11-2-1-9-20-11)17-7-8-19-10-13(17)12-5-6-15-16-12/h1-2,5-6,9,13H,3-4,7-8,10H2,(H,15,16). The van der Waals surface area contributed by atoms with E-state index < -0.39 is 0 Å². The number of H-pyrrole nitrogens is 1. The SMILES string of the molecule is O=C(CCc1cccs1)N1CCOCC1c1ccn[nH]1. The van der Waals surface area contributed by atoms with E-state index in [9.17, 15) is 4.79 Å². The molecule has 3 rings (SSSR count). The predicted molar refractivity (Wildman–Crippen MR) is 76.5 cm³/mol. The minimum absolute atomic E-state index is 0.0397. The van der Waals surface area contributed by atoms with Crippen molar-refractivity contribution in [3.63, 3.8) is 0 Å². The molecule has 1 aliphatic rings. The topological polar surface area (TPSA) is 58.2 Å². The molecule has 1 fully saturated rings. The first-order valence-corrected chi connectivity index (χ1v) is 7.61. The highest BCUT2D eigenvalue weighted by atomic mass is 32.1. The Morgan fingerprint density at radius 1 is 1.55 bits per heavy atom. The van der Waals surface area contributed by atoms with Crippen molar-refractivity contribution in [2.45, 2.75) is 18.9 Å². The lowest BCUT2D eigenvalue weighted by atomic mass is 10.1. The molecule has 0 aromatic carbocycles. The minimum Gasteiger partial charge on any atom is -0.377 e. The van der Waals surface area contributed by atoms with Crippen LogP contribution < -0.4 is 0 Å². The third kappa shape index (κ3) is 2.91. The number of carbonyl (C=O) groups excluding carboxylic acids is 1. The van der Waals surface area contributed by atoms with Crippen LogP contribution in [0.15, 0.2) is 29.8 Å². The Balaban J connectivity index is 1.65. The number of hydrogen-bond donors (Lipinski definition) is 1. The van der Waals surface area contributed by atoms with Crippen LogP contribution >= 0.6 is 11.3 Å². The van der Waals surface area contributed by atoms with Gasteiger partial charge in [-0.1, -0.05) is 6.07 Å². The molecule has 1 N–H and O–H groups in total. The van der Waals surface area contributed by atoms with E-state index in [0.717, 1.165) is 12.1 Å². The quantitative estimate of drug-likeness (QED) is 0.937. The molecular weight excluding hydrogens is 274 g/mol. The number of aromatic amines is 1. The van der Waals surface area contributed by atoms with Crippen molar-refractivity contribution >= 4 is 17.2 Å². The first-order chi connectivity index (χ1) is 9.84. The first kappa shape index (κ1) is 13.3. The number of amides is 1. The fourth-order valence-electron chi connectivity index (χ4n) is 2.44. The molecule has 2 aromatic heterocycles. The number of nitrogens with zero attached hydrogens (tertiary/aromatic N) is 2. The molecule has 1 amide bonds. The summed E-state index contributed by atoms with van der Waals surface area (Å²) in [5.74, 6) is 0.182. The van der Waals surface area contributed by atoms with Gasteiger partial charge in [0.25, 0.3) is 0 Å². The molecular formula is C14H17N3O2S. The minimum atomic E-state index is -0.0397. The summed E-state index contributed by atoms with van der Waals surface area (Å²) in [6, 6.07) is 5.96. The van der Waals surface area contributed by atoms with Gasteiger partial charge in [-0.2, -0.15) is 5.10 Å². The zero-order valence-corrected chi connectivity index (χ0v) is 11.9. The molecule has 1 atom stereocenters. The maximum absolute atomic E-state index is 12.4. The Labute approximate surface area is 121 Å². The van der Waals surface area contributed by atoms with Crippen molar-refractivity contribution in [2.24, 2.45) is 0 Å². The summed E-state index contributed by atoms with van der Waals surface area (Å²) < 4.78 is 5.50. The first-order valence-electron chi connectivity index (χ1n) is 6.73. The second kappa shape index (κ2) is 6.19. The molecule has 0 radical (unpaired) electrons. The van der Waals surface area contributed by atoms with Crippen LogP contribution in [-0.2, 0) is 16.0 Å². The molecule has 20 heavy (non-hydrogen) atoms. The van der Waals surface area contributed by atoms with Crippen molar-refractivity contribution in [3.8, 4) is 0 Å². The van der Waals surface area contributed by atoms with Crippen LogP contribution in [0.3, 0.4) is 0 Å². The number of nitrogens with one attached hydrogen (secondary N) is 1. The van der Waals surface area contributed by atoms with E-state index >= 15 is 0 Å². The maximum Gasteiger partial charge on any atom is 0.223 e. The Kier molecular flexibility index (Phi) is 4.13. The van der Waals surface area contributed by atoms with Gasteiger partial charge in [0.2, 0.25) is 5.91 Å². The number of morpholine rings is 1. The molecule has 0 aliphatic carbocycles. The molecule has 106 valence electrons. The second-order valence-electron chi connectivity index (χ2n) is 4.77. The van der Waals surface area contributed by atoms with E-state index in [0.29, 0.717) is 26.2 Å². The summed E-state index contributed by atoms with van der Waals surface area (Å²) in [7, 11) is 0. The van der Waals surface area contributed by atoms with Crippen LogP contribution in [0.25, 0.3) is 0 Å². The number of aromatic nitrogens is 2. The van der Waals surface area contributed by atoms with E-state index in [-0.39, 0.29) is 11.9 Å². The van der Waals surface area contributed by atoms with Gasteiger partial charge in [-0.25, -0.2) is 0 Å². The number of aryl methyl sites for hydroxylation is 1. The number of rotatable bonds is 4. The Hall–Kier alpha value is -1.66. The van der Waals surface area contributed by atoms with Crippen LogP contribution in [-0.4, -0.2) is 40.8 Å². The second-order valence-corrected chi connectivity index (χ2v) is 5.80. The number of ether oxygens (including phenoxy) is 1. The highest BCUT2D eigenvalue weighted by molar-refractivity contribution is 7.09. The molecule has 2 aromatic rings. The van der Waals surface area contributed by atoms with E-state index in [1.165, 1.54) is 4.88 Å². The molecule has 3 heterocycles. The third-order valence-corrected chi connectivity index (χ3v) is 4.43. The van der Waals surface area contributed by atoms with Gasteiger partial charge in [-0.15, -0.1) is 11.3 Å². The summed E-state index contributed by atoms with van der Waals surface area (Å²) in [6.45, 7) is 1.79. The van der Waals surface area contributed by atoms with E-state index in [1.807, 2.05) is 22.4 Å². The van der Waals surface area contributed by atoms with E-state index in [4.69, 9.17) is 4.74 Å². The highest BCUT2D eigenvalue weighted by Crippen LogP contribution is 2.23. The number of hydrogen-bond acceptors (Lipinski definition) is 4. The van der Waals surface area contributed by atoms with Crippen LogP contribution in [0.2, 0.25) is 0 Å². The largest absolute Gasteiger partial charge is 0.377 e. The van der Waals surface area contributed by atoms with Crippen LogP contribution in [0, 0.1) is 0 Å². The maximum atomic E-state index is 12.4. The lowest BCUT2D eigenvalue weighted by molar-refractivity contribution is -0.140. The summed E-state index contributed by atoms with van der Waals surface area (Å²) in [6.07, 6.45) is 3.06. The summed E-state index contributed by atoms with van der Waals surface area (Å²) in [5.41, 5.74) is 0.939. The van der Waals surface area contributed by atoms with Gasteiger partial charge in [0.15, 0.2) is 0 Å². The zero-order valence-electron chi connectivity index (χ0n) is 11.1. The Morgan fingerprint density at radius 2 is 2.50 bits per heavy atom. The van der Waals surface area contributed by atoms with Crippen LogP contribution in [0.1, 0.15) is 23.0 Å². The molecule has 0 bridgehead atoms. The van der Waals surface area contributed by atoms with Crippen molar-refractivity contribution in [3.05, 3.63) is 40.3 Å². The van der Waals surface area contributed by atoms with Gasteiger partial charge < -0.3 is 9.64 Å². The monoisotopic (exact) mass is 291 g/mol. The van der Waals surface area contributed by atoms with Crippen molar-refractivity contribution < 1.29 is 9.53 Å². The average Bonchev–Trinajstić information content (AvgIpc) is 3.18. The van der Waals surface area contributed by atoms with E-state index in [2.05, 4.69) is 16.3 Å². The Bertz CT molecular complexity index is 539. The molecule has 1 aliphatic heterocycles. The van der Waals surface area contributed by atoms with Gasteiger partial charge in [-0.05, 0) is 23.9 Å². The smallest absolute Gasteiger partial charge is 0.223 e. The molecule has 1 saturated heterocycles. The summed E-state index contributed by atoms with van der Waals surface area (Å²) in [5, 5.41) is 8.94. The summed E-state index contributed by atoms with van der Waals surface area (Å²) in [4.78, 5) is 15.6. The zero-order chi connectivity index (χ0) is 13.8. The average molecular weight is 291 g/mol. The predicted octanol–water partition coefficient (Wildman–Crippen LogP) is 2.00. The van der Waals surface area contributed by atoms with Crippen LogP contribution in [0.4, 0.5) is 0 Å². The van der Waals surface area contributed by atoms with Gasteiger partial charge in [-0.3, -0.25) is 9.89 Å². The fourth-order valence-corrected chi connectivity index (χ4v) is 3.15. The molecule has 0 saturated carbocycles. The Morgan fingerprint density at radius 3 is 3.25 bits per heavy atom. The van der Waals surface area contributed by atoms with Crippen molar-refractivity contribution in [1.82, 2.24) is 15.1 Å². The van der Waals surface area contributed by atoms with Gasteiger partial charge in [0.1, 0.15) is 0 Å². The number of thiophene rings is 1. The lowest BCUT2D eigenvalue weighted by Gasteiger charge is -2.35. The lowest BCUT2D eigenvalue weighted by Crippen LogP contribution is -2.43. The van der Waals surface area contributed by atoms with Gasteiger partial charge in [0.05, 0.1) is 24.9 Å². The van der Waals surface area contributed by atoms with Gasteiger partial charge in [0, 0.05) is 24.0 Å². The molecule has 0 spiro atoms. The fraction of sp³-hybridized carbons (Fsp3) is 0.429. The number of carbonyl (C=O) groups is 1. The van der Waals surface area contributed by atoms with E-state index in [1.54, 1.807) is 17.5 Å². The van der Waals surface area contributed by atoms with Crippen molar-refractivity contribution in [1.29, 1.82) is 0 Å². The van der Waals surface area contributed by atoms with Crippen LogP contribution in [0.5, 0.6) is 0 Å². The summed E-state index contributed by atoms with van der Waals surface area (Å²) >= 11 is 1.70. The van der Waals surface area contributed by atoms with Gasteiger partial charge >= 0.3 is 0 Å². The molecule has 6 heteroatoms. The van der Waals surface area contributed by atoms with Crippen molar-refractivity contribution in [2.75, 3.05) is 19.8 Å². The third-order valence-electron chi connectivity index (χ3n) is 3.50. The highest BCUT2D eigenvalue weighted by Gasteiger charge is 2.29. The molecule has 1 unspecified atom stereocenters. The molecule has 5 nitrogen and oxygen atoms in total.